The lowest BCUT2D eigenvalue weighted by Crippen LogP contribution is -2.35. The summed E-state index contributed by atoms with van der Waals surface area (Å²) in [6.45, 7) is 1.93. The Morgan fingerprint density at radius 2 is 2.53 bits per heavy atom. The number of nitrogens with one attached hydrogen (secondary N) is 1. The molecule has 2 heterocycles. The first-order valence-electron chi connectivity index (χ1n) is 6.25. The number of hydrogen-bond acceptors (Lipinski definition) is 6. The predicted octanol–water partition coefficient (Wildman–Crippen LogP) is 0.262. The summed E-state index contributed by atoms with van der Waals surface area (Å²) >= 11 is 0. The Hall–Kier alpha value is -1.45. The van der Waals surface area contributed by atoms with Crippen LogP contribution in [0.3, 0.4) is 0 Å². The van der Waals surface area contributed by atoms with Crippen molar-refractivity contribution in [1.82, 2.24) is 14.8 Å². The van der Waals surface area contributed by atoms with Gasteiger partial charge in [-0.1, -0.05) is 6.92 Å². The van der Waals surface area contributed by atoms with Crippen LogP contribution in [0.5, 0.6) is 0 Å². The van der Waals surface area contributed by atoms with Crippen molar-refractivity contribution in [3.8, 4) is 0 Å². The molecule has 0 spiro atoms. The first kappa shape index (κ1) is 12.6. The maximum atomic E-state index is 11.2. The van der Waals surface area contributed by atoms with E-state index in [2.05, 4.69) is 15.8 Å². The van der Waals surface area contributed by atoms with E-state index in [0.29, 0.717) is 6.42 Å². The van der Waals surface area contributed by atoms with Crippen LogP contribution in [0.4, 0.5) is 0 Å². The zero-order valence-electron chi connectivity index (χ0n) is 11.6. The highest BCUT2D eigenvalue weighted by molar-refractivity contribution is 5.98. The monoisotopic (exact) mass is 266 g/mol. The van der Waals surface area contributed by atoms with Gasteiger partial charge in [-0.15, -0.1) is 6.51 Å². The van der Waals surface area contributed by atoms with Gasteiger partial charge >= 0.3 is 0 Å². The molecule has 1 aromatic rings. The predicted molar refractivity (Wildman–Crippen MR) is 64.3 cm³/mol. The number of aromatic nitrogens is 3. The van der Waals surface area contributed by atoms with E-state index < -0.39 is 24.3 Å². The molecule has 1 aliphatic heterocycles. The minimum Gasteiger partial charge on any atom is -0.661 e. The average molecular weight is 266 g/mol. The van der Waals surface area contributed by atoms with Crippen molar-refractivity contribution in [3.63, 3.8) is 0 Å². The van der Waals surface area contributed by atoms with Gasteiger partial charge in [0.05, 0.1) is 12.2 Å². The van der Waals surface area contributed by atoms with Gasteiger partial charge in [0.1, 0.15) is 18.3 Å². The smallest absolute Gasteiger partial charge is 0.283 e. The fourth-order valence-electron chi connectivity index (χ4n) is 2.16. The van der Waals surface area contributed by atoms with Gasteiger partial charge in [-0.2, -0.15) is 0 Å². The Kier molecular flexibility index (Phi) is 3.76. The van der Waals surface area contributed by atoms with Crippen LogP contribution in [-0.4, -0.2) is 54.1 Å². The highest BCUT2D eigenvalue weighted by Gasteiger charge is 2.45. The zero-order valence-corrected chi connectivity index (χ0v) is 10.6. The number of amides is 1. The van der Waals surface area contributed by atoms with Gasteiger partial charge in [0.25, 0.3) is 8.05 Å². The van der Waals surface area contributed by atoms with Gasteiger partial charge in [0.15, 0.2) is 12.1 Å². The second-order valence-electron chi connectivity index (χ2n) is 4.13. The van der Waals surface area contributed by atoms with Crippen LogP contribution >= 0.6 is 0 Å². The summed E-state index contributed by atoms with van der Waals surface area (Å²) in [5.74, 6) is -1.00. The highest BCUT2D eigenvalue weighted by Crippen LogP contribution is 2.33. The Balaban J connectivity index is 2.23. The molecule has 1 saturated heterocycles. The van der Waals surface area contributed by atoms with E-state index in [1.54, 1.807) is 0 Å². The van der Waals surface area contributed by atoms with Crippen LogP contribution in [0.25, 0.3) is 5.73 Å². The Labute approximate surface area is 113 Å². The molecule has 2 radical (unpaired) electrons. The second-order valence-corrected chi connectivity index (χ2v) is 4.13. The first-order valence-corrected chi connectivity index (χ1v) is 5.80. The number of ether oxygens (including phenoxy) is 2. The molecule has 19 heavy (non-hydrogen) atoms. The summed E-state index contributed by atoms with van der Waals surface area (Å²) in [5, 5.41) is 3.94. The fourth-order valence-corrected chi connectivity index (χ4v) is 2.16. The van der Waals surface area contributed by atoms with E-state index >= 15 is 0 Å². The number of nitrogens with zero attached hydrogens (tertiary/aromatic N) is 3. The van der Waals surface area contributed by atoms with Crippen LogP contribution in [0.15, 0.2) is 6.33 Å². The third-order valence-electron chi connectivity index (χ3n) is 3.08. The van der Waals surface area contributed by atoms with Crippen LogP contribution < -0.4 is 0 Å². The van der Waals surface area contributed by atoms with Gasteiger partial charge in [0, 0.05) is 7.11 Å². The first-order chi connectivity index (χ1) is 9.65. The van der Waals surface area contributed by atoms with E-state index in [1.807, 2.05) is 6.92 Å². The molecule has 1 aromatic heterocycles. The molecule has 0 aliphatic carbocycles. The quantitative estimate of drug-likeness (QED) is 0.709. The van der Waals surface area contributed by atoms with Crippen molar-refractivity contribution in [1.29, 1.82) is 0 Å². The minimum absolute atomic E-state index is 0.177. The molecule has 1 aliphatic rings. The van der Waals surface area contributed by atoms with Crippen molar-refractivity contribution >= 4 is 14.0 Å². The maximum Gasteiger partial charge on any atom is 0.283 e. The van der Waals surface area contributed by atoms with Crippen LogP contribution in [0.1, 0.15) is 30.2 Å². The van der Waals surface area contributed by atoms with Gasteiger partial charge in [-0.05, 0) is 6.42 Å². The molecule has 1 unspecified atom stereocenters. The van der Waals surface area contributed by atoms with Crippen LogP contribution in [-0.2, 0) is 14.1 Å². The third-order valence-corrected chi connectivity index (χ3v) is 3.08. The van der Waals surface area contributed by atoms with Crippen LogP contribution in [0, 0.1) is 0 Å². The van der Waals surface area contributed by atoms with Gasteiger partial charge in [0.2, 0.25) is 0 Å². The standard InChI is InChI=1S/C10H15BN4O4/c1-3-5-6(19-11)7(17-2)10(18-5)15-4-13-9(14-15)8(12)16/h4-7,10H,3H2,1-2H3,(H2,12,16)/p-1/t5-,6+,7?,10-/m1/s1/i/hD. The summed E-state index contributed by atoms with van der Waals surface area (Å²) in [6.07, 6.45) is 0.209. The lowest BCUT2D eigenvalue weighted by atomic mass is 10.1. The Morgan fingerprint density at radius 3 is 3.11 bits per heavy atom. The van der Waals surface area contributed by atoms with Crippen LogP contribution in [0.2, 0.25) is 1.41 Å². The summed E-state index contributed by atoms with van der Waals surface area (Å²) < 4.78 is 24.0. The SMILES string of the molecule is [2H][N-]C(=O)c1ncn([C@@H]2O[C@H](CC)[C@H](O[B])C2OC)n1. The third kappa shape index (κ3) is 2.49. The van der Waals surface area contributed by atoms with E-state index in [0.717, 1.165) is 0 Å². The highest BCUT2D eigenvalue weighted by atomic mass is 16.6. The Morgan fingerprint density at radius 1 is 1.74 bits per heavy atom. The van der Waals surface area contributed by atoms with Crippen molar-refractivity contribution in [2.45, 2.75) is 37.9 Å². The van der Waals surface area contributed by atoms with Gasteiger partial charge < -0.3 is 24.6 Å². The number of hydrogen-bond donors (Lipinski definition) is 0. The molecular formula is C10H14BN4O4-. The molecule has 8 nitrogen and oxygen atoms in total. The topological polar surface area (TPSA) is 99.3 Å². The molecule has 102 valence electrons. The summed E-state index contributed by atoms with van der Waals surface area (Å²) in [6, 6.07) is 0. The molecule has 1 amide bonds. The second kappa shape index (κ2) is 5.68. The lowest BCUT2D eigenvalue weighted by molar-refractivity contribution is -0.0580. The molecule has 0 aromatic carbocycles. The molecule has 2 rings (SSSR count). The maximum absolute atomic E-state index is 11.2. The molecule has 4 atom stereocenters. The van der Waals surface area contributed by atoms with Gasteiger partial charge in [-0.25, -0.2) is 9.67 Å². The van der Waals surface area contributed by atoms with Crippen molar-refractivity contribution in [3.05, 3.63) is 17.9 Å². The fraction of sp³-hybridized carbons (Fsp3) is 0.700. The average Bonchev–Trinajstić information content (AvgIpc) is 3.09. The van der Waals surface area contributed by atoms with E-state index in [4.69, 9.17) is 23.6 Å². The number of carbonyl (C=O) groups excluding carboxylic acids is 1. The molecule has 9 heteroatoms. The summed E-state index contributed by atoms with van der Waals surface area (Å²) in [5.41, 5.74) is 2.76. The van der Waals surface area contributed by atoms with Crippen molar-refractivity contribution in [2.24, 2.45) is 0 Å². The molecular weight excluding hydrogens is 251 g/mol. The summed E-state index contributed by atoms with van der Waals surface area (Å²) in [4.78, 5) is 15.0. The molecule has 0 saturated carbocycles. The number of rotatable bonds is 5. The Bertz CT molecular complexity index is 474. The van der Waals surface area contributed by atoms with E-state index in [-0.39, 0.29) is 11.9 Å². The molecule has 1 fully saturated rings. The number of carbonyl (C=O) groups is 1. The summed E-state index contributed by atoms with van der Waals surface area (Å²) in [7, 11) is 6.79. The van der Waals surface area contributed by atoms with Crippen molar-refractivity contribution in [2.75, 3.05) is 7.11 Å². The number of methoxy groups -OCH3 is 1. The van der Waals surface area contributed by atoms with E-state index in [9.17, 15) is 4.79 Å². The largest absolute Gasteiger partial charge is 0.661 e. The van der Waals surface area contributed by atoms with Gasteiger partial charge in [-0.3, -0.25) is 0 Å². The lowest BCUT2D eigenvalue weighted by Gasteiger charge is -2.21. The normalized spacial score (nSPS) is 31.2. The zero-order chi connectivity index (χ0) is 14.7. The molecule has 1 N–H and O–H groups in total. The van der Waals surface area contributed by atoms with Crippen molar-refractivity contribution < 1.29 is 20.3 Å². The molecule has 0 bridgehead atoms. The van der Waals surface area contributed by atoms with E-state index in [1.165, 1.54) is 18.1 Å². The minimum atomic E-state index is -0.825.